The van der Waals surface area contributed by atoms with Crippen molar-refractivity contribution in [2.75, 3.05) is 26.0 Å². The van der Waals surface area contributed by atoms with E-state index in [-0.39, 0.29) is 23.4 Å². The minimum atomic E-state index is -0.200. The molecule has 0 aromatic heterocycles. The van der Waals surface area contributed by atoms with Crippen molar-refractivity contribution in [3.63, 3.8) is 0 Å². The van der Waals surface area contributed by atoms with Gasteiger partial charge in [0.25, 0.3) is 5.91 Å². The molecule has 0 radical (unpaired) electrons. The Hall–Kier alpha value is -3.81. The van der Waals surface area contributed by atoms with E-state index in [4.69, 9.17) is 15.9 Å². The number of benzene rings is 1. The van der Waals surface area contributed by atoms with Gasteiger partial charge in [0.1, 0.15) is 17.3 Å². The van der Waals surface area contributed by atoms with Crippen LogP contribution in [0.25, 0.3) is 5.57 Å². The summed E-state index contributed by atoms with van der Waals surface area (Å²) in [6.07, 6.45) is 12.4. The lowest BCUT2D eigenvalue weighted by Gasteiger charge is -2.24. The van der Waals surface area contributed by atoms with Gasteiger partial charge in [0.2, 0.25) is 0 Å². The van der Waals surface area contributed by atoms with Crippen LogP contribution >= 0.6 is 0 Å². The summed E-state index contributed by atoms with van der Waals surface area (Å²) >= 11 is 0. The second kappa shape index (κ2) is 10.4. The maximum atomic E-state index is 12.2. The molecule has 8 heteroatoms. The number of ether oxygens (including phenoxy) is 1. The molecule has 0 saturated heterocycles. The zero-order chi connectivity index (χ0) is 24.1. The van der Waals surface area contributed by atoms with E-state index in [1.165, 1.54) is 5.57 Å². The fourth-order valence-electron chi connectivity index (χ4n) is 3.98. The van der Waals surface area contributed by atoms with Crippen LogP contribution in [-0.2, 0) is 4.79 Å². The Morgan fingerprint density at radius 2 is 2.12 bits per heavy atom. The number of amidine groups is 1. The summed E-state index contributed by atoms with van der Waals surface area (Å²) in [6.45, 7) is 0.785. The fourth-order valence-corrected chi connectivity index (χ4v) is 3.98. The predicted octanol–water partition coefficient (Wildman–Crippen LogP) is 3.46. The minimum Gasteiger partial charge on any atom is -0.494 e. The molecule has 8 nitrogen and oxygen atoms in total. The molecule has 0 spiro atoms. The third kappa shape index (κ3) is 5.22. The number of hydrogen-bond donors (Lipinski definition) is 5. The summed E-state index contributed by atoms with van der Waals surface area (Å²) in [5.74, 6) is 0.507. The third-order valence-electron chi connectivity index (χ3n) is 6.13. The van der Waals surface area contributed by atoms with E-state index < -0.39 is 0 Å². The Kier molecular flexibility index (Phi) is 7.15. The lowest BCUT2D eigenvalue weighted by molar-refractivity contribution is -0.118. The number of nitrogens with zero attached hydrogens (tertiary/aromatic N) is 1. The van der Waals surface area contributed by atoms with Gasteiger partial charge in [0.15, 0.2) is 0 Å². The second-order valence-electron chi connectivity index (χ2n) is 8.59. The van der Waals surface area contributed by atoms with Gasteiger partial charge in [0.05, 0.1) is 24.2 Å². The molecule has 1 aromatic rings. The fraction of sp³-hybridized carbons (Fsp3) is 0.346. The summed E-state index contributed by atoms with van der Waals surface area (Å²) < 4.78 is 5.78. The summed E-state index contributed by atoms with van der Waals surface area (Å²) in [7, 11) is 3.44. The van der Waals surface area contributed by atoms with E-state index in [0.29, 0.717) is 17.1 Å². The number of nitrogens with two attached hydrogens (primary N) is 1. The van der Waals surface area contributed by atoms with E-state index in [1.54, 1.807) is 13.2 Å². The molecule has 178 valence electrons. The summed E-state index contributed by atoms with van der Waals surface area (Å²) in [5.41, 5.74) is 11.4. The molecular formula is C26H32N6O2. The van der Waals surface area contributed by atoms with Crippen LogP contribution in [0, 0.1) is 11.3 Å². The molecule has 0 atom stereocenters. The summed E-state index contributed by atoms with van der Waals surface area (Å²) in [6, 6.07) is 5.81. The number of aliphatic imine (C=N–C) groups is 1. The first-order valence-electron chi connectivity index (χ1n) is 11.6. The lowest BCUT2D eigenvalue weighted by Crippen LogP contribution is -2.26. The number of para-hydroxylation sites is 1. The van der Waals surface area contributed by atoms with Gasteiger partial charge in [-0.25, -0.2) is 0 Å². The number of amides is 1. The van der Waals surface area contributed by atoms with Crippen molar-refractivity contribution in [1.29, 1.82) is 5.41 Å². The quantitative estimate of drug-likeness (QED) is 0.284. The van der Waals surface area contributed by atoms with Crippen molar-refractivity contribution in [1.82, 2.24) is 10.6 Å². The van der Waals surface area contributed by atoms with Crippen LogP contribution in [0.5, 0.6) is 5.75 Å². The maximum absolute atomic E-state index is 12.2. The van der Waals surface area contributed by atoms with Gasteiger partial charge in [-0.1, -0.05) is 24.3 Å². The number of nitrogens with one attached hydrogen (secondary N) is 4. The number of carbonyl (C=O) groups is 1. The molecular weight excluding hydrogens is 428 g/mol. The number of methoxy groups -OCH3 is 1. The van der Waals surface area contributed by atoms with Crippen molar-refractivity contribution < 1.29 is 9.53 Å². The maximum Gasteiger partial charge on any atom is 0.250 e. The zero-order valence-corrected chi connectivity index (χ0v) is 19.7. The predicted molar refractivity (Wildman–Crippen MR) is 137 cm³/mol. The van der Waals surface area contributed by atoms with Gasteiger partial charge in [0, 0.05) is 42.9 Å². The van der Waals surface area contributed by atoms with E-state index in [1.807, 2.05) is 43.6 Å². The van der Waals surface area contributed by atoms with E-state index in [9.17, 15) is 4.79 Å². The van der Waals surface area contributed by atoms with Crippen molar-refractivity contribution in [2.24, 2.45) is 16.6 Å². The number of dihydropyridines is 1. The molecule has 0 bridgehead atoms. The molecule has 1 aliphatic heterocycles. The van der Waals surface area contributed by atoms with Crippen molar-refractivity contribution in [3.8, 4) is 5.75 Å². The molecule has 0 unspecified atom stereocenters. The minimum absolute atomic E-state index is 0.0185. The Balaban J connectivity index is 1.71. The highest BCUT2D eigenvalue weighted by atomic mass is 16.5. The van der Waals surface area contributed by atoms with Gasteiger partial charge >= 0.3 is 0 Å². The Labute approximate surface area is 200 Å². The molecule has 1 amide bonds. The van der Waals surface area contributed by atoms with E-state index in [0.717, 1.165) is 55.5 Å². The monoisotopic (exact) mass is 460 g/mol. The molecule has 6 N–H and O–H groups in total. The molecule has 2 saturated carbocycles. The van der Waals surface area contributed by atoms with Crippen LogP contribution in [0.1, 0.15) is 37.7 Å². The lowest BCUT2D eigenvalue weighted by atomic mass is 9.88. The SMILES string of the molecule is CNC(C(=N)/C(=C\C(N)=NC(=O)C1CC1)Nc1cccc(C2=CNCC=C2)c1OC)=C1CCC1. The Bertz CT molecular complexity index is 1130. The first kappa shape index (κ1) is 23.4. The van der Waals surface area contributed by atoms with Crippen LogP contribution in [0.3, 0.4) is 0 Å². The van der Waals surface area contributed by atoms with Gasteiger partial charge in [-0.15, -0.1) is 0 Å². The van der Waals surface area contributed by atoms with Crippen molar-refractivity contribution in [2.45, 2.75) is 32.1 Å². The Morgan fingerprint density at radius 3 is 2.71 bits per heavy atom. The number of rotatable bonds is 9. The van der Waals surface area contributed by atoms with Gasteiger partial charge in [-0.2, -0.15) is 4.99 Å². The van der Waals surface area contributed by atoms with Crippen LogP contribution in [0.4, 0.5) is 5.69 Å². The summed E-state index contributed by atoms with van der Waals surface area (Å²) in [5, 5.41) is 18.7. The van der Waals surface area contributed by atoms with Gasteiger partial charge < -0.3 is 26.4 Å². The highest BCUT2D eigenvalue weighted by Gasteiger charge is 2.29. The zero-order valence-electron chi connectivity index (χ0n) is 19.7. The van der Waals surface area contributed by atoms with E-state index in [2.05, 4.69) is 20.9 Å². The number of carbonyl (C=O) groups excluding carboxylic acids is 1. The first-order valence-corrected chi connectivity index (χ1v) is 11.6. The molecule has 1 aromatic carbocycles. The second-order valence-corrected chi connectivity index (χ2v) is 8.59. The molecule has 1 heterocycles. The van der Waals surface area contributed by atoms with Crippen molar-refractivity contribution >= 4 is 28.7 Å². The largest absolute Gasteiger partial charge is 0.494 e. The standard InChI is InChI=1S/C26H32N6O2/c1-29-24(16-6-3-7-16)23(28)21(14-22(27)32-26(33)17-11-12-17)31-20-10-4-9-19(25(20)34-2)18-8-5-13-30-15-18/h4-5,8-10,14-15,17,28-31H,3,6-7,11-13H2,1-2H3,(H2,27,32,33)/b21-14+,28-23?. The van der Waals surface area contributed by atoms with Crippen LogP contribution in [0.15, 0.2) is 64.6 Å². The number of anilines is 1. The average Bonchev–Trinajstić information content (AvgIpc) is 3.66. The molecule has 34 heavy (non-hydrogen) atoms. The van der Waals surface area contributed by atoms with E-state index >= 15 is 0 Å². The normalized spacial score (nSPS) is 17.8. The molecule has 4 rings (SSSR count). The Morgan fingerprint density at radius 1 is 1.32 bits per heavy atom. The highest BCUT2D eigenvalue weighted by molar-refractivity contribution is 6.16. The van der Waals surface area contributed by atoms with Crippen molar-refractivity contribution in [3.05, 3.63) is 65.2 Å². The number of allylic oxidation sites excluding steroid dienone is 3. The van der Waals surface area contributed by atoms with Crippen LogP contribution < -0.4 is 26.4 Å². The molecule has 2 fully saturated rings. The third-order valence-corrected chi connectivity index (χ3v) is 6.13. The average molecular weight is 461 g/mol. The van der Waals surface area contributed by atoms with Crippen LogP contribution in [-0.4, -0.2) is 38.2 Å². The first-order chi connectivity index (χ1) is 16.5. The van der Waals surface area contributed by atoms with Gasteiger partial charge in [-0.3, -0.25) is 10.2 Å². The highest BCUT2D eigenvalue weighted by Crippen LogP contribution is 2.36. The smallest absolute Gasteiger partial charge is 0.250 e. The van der Waals surface area contributed by atoms with Gasteiger partial charge in [-0.05, 0) is 43.7 Å². The molecule has 3 aliphatic rings. The summed E-state index contributed by atoms with van der Waals surface area (Å²) in [4.78, 5) is 16.2. The topological polar surface area (TPSA) is 125 Å². The number of hydrogen-bond acceptors (Lipinski definition) is 6. The molecule has 2 aliphatic carbocycles. The van der Waals surface area contributed by atoms with Crippen LogP contribution in [0.2, 0.25) is 0 Å².